The summed E-state index contributed by atoms with van der Waals surface area (Å²) in [6, 6.07) is 1.95. The molecule has 2 aliphatic heterocycles. The van der Waals surface area contributed by atoms with E-state index in [1.54, 1.807) is 6.20 Å². The van der Waals surface area contributed by atoms with Crippen LogP contribution < -0.4 is 10.1 Å². The van der Waals surface area contributed by atoms with Crippen molar-refractivity contribution in [2.45, 2.75) is 31.9 Å². The van der Waals surface area contributed by atoms with Crippen molar-refractivity contribution < 1.29 is 9.53 Å². The van der Waals surface area contributed by atoms with Crippen LogP contribution in [0.1, 0.15) is 23.8 Å². The molecular weight excluding hydrogens is 312 g/mol. The van der Waals surface area contributed by atoms with Gasteiger partial charge in [0, 0.05) is 68.4 Å². The summed E-state index contributed by atoms with van der Waals surface area (Å²) in [5.74, 6) is 0.893. The molecule has 23 heavy (non-hydrogen) atoms. The number of hydrogen-bond donors (Lipinski definition) is 1. The van der Waals surface area contributed by atoms with Gasteiger partial charge in [0.15, 0.2) is 5.13 Å². The highest BCUT2D eigenvalue weighted by Crippen LogP contribution is 2.40. The molecule has 0 aliphatic carbocycles. The van der Waals surface area contributed by atoms with Crippen LogP contribution in [0, 0.1) is 0 Å². The minimum absolute atomic E-state index is 0.0863. The van der Waals surface area contributed by atoms with Crippen molar-refractivity contribution in [1.82, 2.24) is 14.9 Å². The second-order valence-corrected chi connectivity index (χ2v) is 7.33. The van der Waals surface area contributed by atoms with Crippen molar-refractivity contribution in [3.05, 3.63) is 35.1 Å². The Morgan fingerprint density at radius 3 is 3.26 bits per heavy atom. The Kier molecular flexibility index (Phi) is 3.54. The summed E-state index contributed by atoms with van der Waals surface area (Å²) in [6.45, 7) is 4.26. The van der Waals surface area contributed by atoms with Gasteiger partial charge in [-0.1, -0.05) is 0 Å². The molecule has 6 nitrogen and oxygen atoms in total. The standard InChI is InChI=1S/C16H18N4O2S/c1-11(21)19-15-18-8-13(23-15)9-20-5-3-16(10-20)6-12-7-17-4-2-14(12)22-16/h2,4,7-8H,3,5-6,9-10H2,1H3,(H,18,19,21). The van der Waals surface area contributed by atoms with E-state index in [1.165, 1.54) is 23.8 Å². The van der Waals surface area contributed by atoms with Crippen LogP contribution in [0.2, 0.25) is 0 Å². The first kappa shape index (κ1) is 14.6. The van der Waals surface area contributed by atoms with Crippen LogP contribution >= 0.6 is 11.3 Å². The summed E-state index contributed by atoms with van der Waals surface area (Å²) in [5.41, 5.74) is 1.11. The lowest BCUT2D eigenvalue weighted by atomic mass is 9.97. The number of fused-ring (bicyclic) bond motifs is 1. The predicted molar refractivity (Wildman–Crippen MR) is 87.6 cm³/mol. The normalized spacial score (nSPS) is 23.0. The molecule has 4 rings (SSSR count). The number of anilines is 1. The number of aromatic nitrogens is 2. The number of hydrogen-bond acceptors (Lipinski definition) is 6. The van der Waals surface area contributed by atoms with Gasteiger partial charge < -0.3 is 10.1 Å². The minimum atomic E-state index is -0.101. The molecule has 2 aromatic rings. The summed E-state index contributed by atoms with van der Waals surface area (Å²) in [5, 5.41) is 3.39. The molecule has 1 saturated heterocycles. The molecule has 0 aromatic carbocycles. The van der Waals surface area contributed by atoms with E-state index < -0.39 is 0 Å². The molecule has 120 valence electrons. The topological polar surface area (TPSA) is 67.4 Å². The molecule has 0 radical (unpaired) electrons. The van der Waals surface area contributed by atoms with Gasteiger partial charge in [-0.3, -0.25) is 14.7 Å². The Morgan fingerprint density at radius 1 is 1.52 bits per heavy atom. The van der Waals surface area contributed by atoms with E-state index in [-0.39, 0.29) is 11.5 Å². The van der Waals surface area contributed by atoms with Gasteiger partial charge in [-0.2, -0.15) is 0 Å². The molecule has 1 spiro atoms. The fraction of sp³-hybridized carbons (Fsp3) is 0.438. The highest BCUT2D eigenvalue weighted by Gasteiger charge is 2.45. The van der Waals surface area contributed by atoms with E-state index in [0.717, 1.165) is 43.1 Å². The van der Waals surface area contributed by atoms with Crippen molar-refractivity contribution in [3.63, 3.8) is 0 Å². The monoisotopic (exact) mass is 330 g/mol. The van der Waals surface area contributed by atoms with E-state index in [0.29, 0.717) is 5.13 Å². The predicted octanol–water partition coefficient (Wildman–Crippen LogP) is 2.08. The van der Waals surface area contributed by atoms with Gasteiger partial charge >= 0.3 is 0 Å². The average molecular weight is 330 g/mol. The molecule has 0 saturated carbocycles. The Morgan fingerprint density at radius 2 is 2.43 bits per heavy atom. The van der Waals surface area contributed by atoms with Crippen molar-refractivity contribution in [2.24, 2.45) is 0 Å². The Hall–Kier alpha value is -1.99. The minimum Gasteiger partial charge on any atom is -0.485 e. The number of pyridine rings is 1. The Bertz CT molecular complexity index is 720. The van der Waals surface area contributed by atoms with Gasteiger partial charge in [0.05, 0.1) is 0 Å². The summed E-state index contributed by atoms with van der Waals surface area (Å²) < 4.78 is 6.23. The largest absolute Gasteiger partial charge is 0.485 e. The van der Waals surface area contributed by atoms with Crippen molar-refractivity contribution >= 4 is 22.4 Å². The fourth-order valence-corrected chi connectivity index (χ4v) is 4.26. The molecule has 2 aliphatic rings. The van der Waals surface area contributed by atoms with Gasteiger partial charge in [0.2, 0.25) is 5.91 Å². The van der Waals surface area contributed by atoms with Crippen LogP contribution in [0.25, 0.3) is 0 Å². The Labute approximate surface area is 138 Å². The number of nitrogens with one attached hydrogen (secondary N) is 1. The molecule has 4 heterocycles. The molecule has 1 N–H and O–H groups in total. The fourth-order valence-electron chi connectivity index (χ4n) is 3.36. The highest BCUT2D eigenvalue weighted by atomic mass is 32.1. The molecule has 1 amide bonds. The van der Waals surface area contributed by atoms with Crippen molar-refractivity contribution in [1.29, 1.82) is 0 Å². The molecule has 1 atom stereocenters. The van der Waals surface area contributed by atoms with Crippen LogP contribution in [-0.4, -0.2) is 39.5 Å². The van der Waals surface area contributed by atoms with E-state index in [9.17, 15) is 4.79 Å². The third-order valence-electron chi connectivity index (χ3n) is 4.31. The maximum Gasteiger partial charge on any atom is 0.223 e. The van der Waals surface area contributed by atoms with Gasteiger partial charge in [-0.25, -0.2) is 4.98 Å². The molecular formula is C16H18N4O2S. The van der Waals surface area contributed by atoms with E-state index in [1.807, 2.05) is 18.5 Å². The molecule has 2 aromatic heterocycles. The number of nitrogens with zero attached hydrogens (tertiary/aromatic N) is 3. The van der Waals surface area contributed by atoms with Crippen LogP contribution in [0.4, 0.5) is 5.13 Å². The van der Waals surface area contributed by atoms with Crippen LogP contribution in [0.5, 0.6) is 5.75 Å². The second kappa shape index (κ2) is 5.58. The average Bonchev–Trinajstić information content (AvgIpc) is 3.18. The van der Waals surface area contributed by atoms with Crippen LogP contribution in [0.15, 0.2) is 24.7 Å². The molecule has 1 unspecified atom stereocenters. The third kappa shape index (κ3) is 2.94. The maximum absolute atomic E-state index is 11.1. The SMILES string of the molecule is CC(=O)Nc1ncc(CN2CCC3(Cc4cnccc4O3)C2)s1. The maximum atomic E-state index is 11.1. The number of likely N-dealkylation sites (tertiary alicyclic amines) is 1. The van der Waals surface area contributed by atoms with E-state index in [2.05, 4.69) is 20.2 Å². The Balaban J connectivity index is 1.40. The first-order chi connectivity index (χ1) is 11.1. The van der Waals surface area contributed by atoms with Gasteiger partial charge in [0.1, 0.15) is 11.4 Å². The zero-order valence-electron chi connectivity index (χ0n) is 12.9. The summed E-state index contributed by atoms with van der Waals surface area (Å²) in [7, 11) is 0. The third-order valence-corrected chi connectivity index (χ3v) is 5.21. The molecule has 7 heteroatoms. The van der Waals surface area contributed by atoms with Crippen LogP contribution in [0.3, 0.4) is 0 Å². The second-order valence-electron chi connectivity index (χ2n) is 6.22. The van der Waals surface area contributed by atoms with Crippen LogP contribution in [-0.2, 0) is 17.8 Å². The number of ether oxygens (including phenoxy) is 1. The number of amides is 1. The number of carbonyl (C=O) groups is 1. The number of thiazole rings is 1. The number of rotatable bonds is 3. The van der Waals surface area contributed by atoms with Gasteiger partial charge in [-0.05, 0) is 6.07 Å². The van der Waals surface area contributed by atoms with E-state index >= 15 is 0 Å². The lowest BCUT2D eigenvalue weighted by Crippen LogP contribution is -2.37. The highest BCUT2D eigenvalue weighted by molar-refractivity contribution is 7.15. The van der Waals surface area contributed by atoms with Crippen molar-refractivity contribution in [3.8, 4) is 5.75 Å². The molecule has 1 fully saturated rings. The first-order valence-corrected chi connectivity index (χ1v) is 8.50. The first-order valence-electron chi connectivity index (χ1n) is 7.68. The lowest BCUT2D eigenvalue weighted by molar-refractivity contribution is -0.114. The quantitative estimate of drug-likeness (QED) is 0.933. The van der Waals surface area contributed by atoms with Gasteiger partial charge in [-0.15, -0.1) is 11.3 Å². The van der Waals surface area contributed by atoms with E-state index in [4.69, 9.17) is 4.74 Å². The zero-order valence-corrected chi connectivity index (χ0v) is 13.7. The summed E-state index contributed by atoms with van der Waals surface area (Å²) in [6.07, 6.45) is 7.50. The van der Waals surface area contributed by atoms with Gasteiger partial charge in [0.25, 0.3) is 0 Å². The van der Waals surface area contributed by atoms with Crippen molar-refractivity contribution in [2.75, 3.05) is 18.4 Å². The molecule has 0 bridgehead atoms. The smallest absolute Gasteiger partial charge is 0.223 e. The summed E-state index contributed by atoms with van der Waals surface area (Å²) >= 11 is 1.53. The zero-order chi connectivity index (χ0) is 15.9. The summed E-state index contributed by atoms with van der Waals surface area (Å²) in [4.78, 5) is 23.0. The number of carbonyl (C=O) groups excluding carboxylic acids is 1. The lowest BCUT2D eigenvalue weighted by Gasteiger charge is -2.23.